The van der Waals surface area contributed by atoms with Crippen molar-refractivity contribution in [3.63, 3.8) is 0 Å². The molecule has 0 rings (SSSR count). The molecule has 0 aromatic heterocycles. The highest BCUT2D eigenvalue weighted by Gasteiger charge is 1.99. The number of rotatable bonds is 9. The molecule has 1 atom stereocenters. The predicted octanol–water partition coefficient (Wildman–Crippen LogP) is -0.555. The predicted molar refractivity (Wildman–Crippen MR) is 55.5 cm³/mol. The van der Waals surface area contributed by atoms with Gasteiger partial charge in [-0.05, 0) is 6.42 Å². The summed E-state index contributed by atoms with van der Waals surface area (Å²) in [4.78, 5) is 0. The first-order valence-electron chi connectivity index (χ1n) is 4.71. The Morgan fingerprint density at radius 1 is 1.23 bits per heavy atom. The standard InChI is InChI=1S/C8H21NO3Si/c1-3-8(9)13-12-7-6-11-5-4-10-2/h8H,3-7,9,13H2,1-2H3. The molecule has 1 unspecified atom stereocenters. The van der Waals surface area contributed by atoms with E-state index in [2.05, 4.69) is 6.92 Å². The lowest BCUT2D eigenvalue weighted by Gasteiger charge is -2.08. The Bertz CT molecular complexity index is 105. The summed E-state index contributed by atoms with van der Waals surface area (Å²) in [5, 5.41) is 0. The molecule has 0 fully saturated rings. The molecular formula is C8H21NO3Si. The van der Waals surface area contributed by atoms with Gasteiger partial charge in [0.05, 0.1) is 26.4 Å². The van der Waals surface area contributed by atoms with E-state index in [1.807, 2.05) is 0 Å². The van der Waals surface area contributed by atoms with Crippen molar-refractivity contribution in [2.45, 2.75) is 19.0 Å². The van der Waals surface area contributed by atoms with Crippen LogP contribution < -0.4 is 5.73 Å². The van der Waals surface area contributed by atoms with Gasteiger partial charge >= 0.3 is 0 Å². The molecule has 0 amide bonds. The molecule has 80 valence electrons. The van der Waals surface area contributed by atoms with Crippen molar-refractivity contribution in [3.8, 4) is 0 Å². The lowest BCUT2D eigenvalue weighted by Crippen LogP contribution is -2.29. The molecule has 0 saturated carbocycles. The van der Waals surface area contributed by atoms with Gasteiger partial charge in [0, 0.05) is 12.8 Å². The van der Waals surface area contributed by atoms with E-state index in [1.54, 1.807) is 7.11 Å². The second-order valence-electron chi connectivity index (χ2n) is 2.85. The molecule has 2 N–H and O–H groups in total. The van der Waals surface area contributed by atoms with E-state index in [9.17, 15) is 0 Å². The van der Waals surface area contributed by atoms with Gasteiger partial charge < -0.3 is 19.6 Å². The Balaban J connectivity index is 2.91. The quantitative estimate of drug-likeness (QED) is 0.407. The first-order chi connectivity index (χ1) is 6.31. The monoisotopic (exact) mass is 207 g/mol. The molecule has 0 aromatic rings. The fourth-order valence-electron chi connectivity index (χ4n) is 0.715. The SMILES string of the molecule is CCC(N)[SiH2]OCCOCCOC. The number of methoxy groups -OCH3 is 1. The third kappa shape index (κ3) is 9.97. The van der Waals surface area contributed by atoms with Gasteiger partial charge in [-0.1, -0.05) is 6.92 Å². The summed E-state index contributed by atoms with van der Waals surface area (Å²) in [7, 11) is 1.12. The van der Waals surface area contributed by atoms with E-state index in [1.165, 1.54) is 0 Å². The van der Waals surface area contributed by atoms with Crippen LogP contribution >= 0.6 is 0 Å². The Kier molecular flexibility index (Phi) is 10.2. The summed E-state index contributed by atoms with van der Waals surface area (Å²) < 4.78 is 15.5. The molecule has 0 bridgehead atoms. The maximum atomic E-state index is 5.71. The lowest BCUT2D eigenvalue weighted by atomic mass is 10.5. The number of nitrogens with two attached hydrogens (primary N) is 1. The molecule has 0 heterocycles. The zero-order chi connectivity index (χ0) is 9.94. The zero-order valence-corrected chi connectivity index (χ0v) is 10.0. The van der Waals surface area contributed by atoms with Crippen LogP contribution in [0.15, 0.2) is 0 Å². The summed E-state index contributed by atoms with van der Waals surface area (Å²) in [6.45, 7) is 4.68. The number of hydrogen-bond acceptors (Lipinski definition) is 4. The smallest absolute Gasteiger partial charge is 0.178 e. The van der Waals surface area contributed by atoms with Crippen molar-refractivity contribution < 1.29 is 13.9 Å². The second-order valence-corrected chi connectivity index (χ2v) is 4.64. The van der Waals surface area contributed by atoms with Crippen molar-refractivity contribution >= 4 is 9.76 Å². The van der Waals surface area contributed by atoms with E-state index in [0.717, 1.165) is 6.42 Å². The Hall–Kier alpha value is 0.0569. The molecular weight excluding hydrogens is 186 g/mol. The highest BCUT2D eigenvalue weighted by atomic mass is 28.2. The van der Waals surface area contributed by atoms with Gasteiger partial charge in [-0.3, -0.25) is 0 Å². The maximum absolute atomic E-state index is 5.71. The number of hydrogen-bond donors (Lipinski definition) is 1. The minimum atomic E-state index is -0.537. The van der Waals surface area contributed by atoms with Crippen LogP contribution in [-0.2, 0) is 13.9 Å². The van der Waals surface area contributed by atoms with Crippen LogP contribution in [-0.4, -0.2) is 49.0 Å². The molecule has 0 spiro atoms. The van der Waals surface area contributed by atoms with Gasteiger partial charge in [0.2, 0.25) is 0 Å². The van der Waals surface area contributed by atoms with E-state index < -0.39 is 9.76 Å². The Morgan fingerprint density at radius 2 is 1.92 bits per heavy atom. The van der Waals surface area contributed by atoms with Crippen molar-refractivity contribution in [2.24, 2.45) is 5.73 Å². The second kappa shape index (κ2) is 10.1. The molecule has 0 aromatic carbocycles. The molecule has 4 nitrogen and oxygen atoms in total. The minimum Gasteiger partial charge on any atom is -0.420 e. The van der Waals surface area contributed by atoms with E-state index in [0.29, 0.717) is 32.1 Å². The van der Waals surface area contributed by atoms with Crippen molar-refractivity contribution in [3.05, 3.63) is 0 Å². The minimum absolute atomic E-state index is 0.291. The van der Waals surface area contributed by atoms with E-state index in [-0.39, 0.29) is 0 Å². The van der Waals surface area contributed by atoms with Crippen molar-refractivity contribution in [2.75, 3.05) is 33.5 Å². The Morgan fingerprint density at radius 3 is 2.54 bits per heavy atom. The molecule has 0 aliphatic carbocycles. The van der Waals surface area contributed by atoms with Crippen LogP contribution in [0, 0.1) is 0 Å². The molecule has 0 aliphatic rings. The largest absolute Gasteiger partial charge is 0.420 e. The average molecular weight is 207 g/mol. The molecule has 5 heteroatoms. The highest BCUT2D eigenvalue weighted by Crippen LogP contribution is 1.85. The first-order valence-corrected chi connectivity index (χ1v) is 6.10. The first kappa shape index (κ1) is 13.1. The van der Waals surface area contributed by atoms with Crippen LogP contribution in [0.3, 0.4) is 0 Å². The normalized spacial score (nSPS) is 14.1. The van der Waals surface area contributed by atoms with Gasteiger partial charge in [-0.15, -0.1) is 0 Å². The summed E-state index contributed by atoms with van der Waals surface area (Å²) >= 11 is 0. The van der Waals surface area contributed by atoms with E-state index in [4.69, 9.17) is 19.6 Å². The van der Waals surface area contributed by atoms with Gasteiger partial charge in [0.25, 0.3) is 0 Å². The Labute approximate surface area is 82.7 Å². The van der Waals surface area contributed by atoms with Crippen LogP contribution in [0.5, 0.6) is 0 Å². The fraction of sp³-hybridized carbons (Fsp3) is 1.00. The zero-order valence-electron chi connectivity index (χ0n) is 8.62. The highest BCUT2D eigenvalue weighted by molar-refractivity contribution is 6.29. The molecule has 0 saturated heterocycles. The van der Waals surface area contributed by atoms with Gasteiger partial charge in [0.1, 0.15) is 0 Å². The maximum Gasteiger partial charge on any atom is 0.178 e. The van der Waals surface area contributed by atoms with Crippen molar-refractivity contribution in [1.82, 2.24) is 0 Å². The van der Waals surface area contributed by atoms with Gasteiger partial charge in [0.15, 0.2) is 9.76 Å². The van der Waals surface area contributed by atoms with Crippen molar-refractivity contribution in [1.29, 1.82) is 0 Å². The van der Waals surface area contributed by atoms with Gasteiger partial charge in [-0.2, -0.15) is 0 Å². The van der Waals surface area contributed by atoms with E-state index >= 15 is 0 Å². The molecule has 13 heavy (non-hydrogen) atoms. The van der Waals surface area contributed by atoms with Gasteiger partial charge in [-0.25, -0.2) is 0 Å². The third-order valence-electron chi connectivity index (χ3n) is 1.66. The lowest BCUT2D eigenvalue weighted by molar-refractivity contribution is 0.0547. The fourth-order valence-corrected chi connectivity index (χ4v) is 1.54. The summed E-state index contributed by atoms with van der Waals surface area (Å²) in [6.07, 6.45) is 1.01. The summed E-state index contributed by atoms with van der Waals surface area (Å²) in [6, 6.07) is 0. The average Bonchev–Trinajstić information content (AvgIpc) is 2.16. The van der Waals surface area contributed by atoms with Crippen LogP contribution in [0.4, 0.5) is 0 Å². The summed E-state index contributed by atoms with van der Waals surface area (Å²) in [5.74, 6) is 0. The topological polar surface area (TPSA) is 53.7 Å². The molecule has 0 radical (unpaired) electrons. The van der Waals surface area contributed by atoms with Crippen LogP contribution in [0.2, 0.25) is 0 Å². The third-order valence-corrected chi connectivity index (χ3v) is 3.19. The van der Waals surface area contributed by atoms with Crippen LogP contribution in [0.25, 0.3) is 0 Å². The summed E-state index contributed by atoms with van der Waals surface area (Å²) in [5.41, 5.74) is 6.00. The van der Waals surface area contributed by atoms with Crippen LogP contribution in [0.1, 0.15) is 13.3 Å². The molecule has 0 aliphatic heterocycles. The number of ether oxygens (including phenoxy) is 2.